The number of hydrogen-bond donors (Lipinski definition) is 0. The van der Waals surface area contributed by atoms with Gasteiger partial charge in [0.05, 0.1) is 33.5 Å². The molecule has 234 valence electrons. The van der Waals surface area contributed by atoms with Gasteiger partial charge in [-0.2, -0.15) is 0 Å². The topological polar surface area (TPSA) is 55.4 Å². The summed E-state index contributed by atoms with van der Waals surface area (Å²) in [4.78, 5) is 0. The highest BCUT2D eigenvalue weighted by molar-refractivity contribution is 5.49. The number of rotatable bonds is 16. The zero-order valence-corrected chi connectivity index (χ0v) is 25.8. The first-order valence-corrected chi connectivity index (χ1v) is 15.3. The quantitative estimate of drug-likeness (QED) is 0.124. The zero-order valence-electron chi connectivity index (χ0n) is 25.8. The van der Waals surface area contributed by atoms with E-state index >= 15 is 0 Å². The lowest BCUT2D eigenvalue weighted by Gasteiger charge is -2.45. The van der Waals surface area contributed by atoms with Gasteiger partial charge in [0, 0.05) is 0 Å². The van der Waals surface area contributed by atoms with Gasteiger partial charge < -0.3 is 28.4 Å². The lowest BCUT2D eigenvalue weighted by atomic mass is 9.93. The molecule has 4 aromatic carbocycles. The fourth-order valence-corrected chi connectivity index (χ4v) is 5.23. The van der Waals surface area contributed by atoms with Crippen molar-refractivity contribution in [2.45, 2.75) is 50.3 Å². The first kappa shape index (κ1) is 32.4. The van der Waals surface area contributed by atoms with E-state index in [-0.39, 0.29) is 6.61 Å². The Balaban J connectivity index is 1.45. The predicted molar refractivity (Wildman–Crippen MR) is 176 cm³/mol. The van der Waals surface area contributed by atoms with Crippen LogP contribution in [-0.2, 0) is 48.2 Å². The highest BCUT2D eigenvalue weighted by atomic mass is 16.6. The number of hydrogen-bond acceptors (Lipinski definition) is 6. The molecule has 0 aromatic heterocycles. The summed E-state index contributed by atoms with van der Waals surface area (Å²) < 4.78 is 38.3. The van der Waals surface area contributed by atoms with Gasteiger partial charge in [0.2, 0.25) is 0 Å². The van der Waals surface area contributed by atoms with Gasteiger partial charge in [-0.1, -0.05) is 140 Å². The maximum atomic E-state index is 6.80. The third kappa shape index (κ3) is 9.98. The summed E-state index contributed by atoms with van der Waals surface area (Å²) >= 11 is 0. The Morgan fingerprint density at radius 1 is 0.644 bits per heavy atom. The largest absolute Gasteiger partial charge is 0.499 e. The molecular formula is C39H42O6. The van der Waals surface area contributed by atoms with Crippen LogP contribution in [0.4, 0.5) is 0 Å². The molecule has 0 saturated carbocycles. The molecule has 6 nitrogen and oxygen atoms in total. The zero-order chi connectivity index (χ0) is 31.1. The molecule has 45 heavy (non-hydrogen) atoms. The highest BCUT2D eigenvalue weighted by Crippen LogP contribution is 2.31. The monoisotopic (exact) mass is 606 g/mol. The third-order valence-electron chi connectivity index (χ3n) is 7.64. The minimum atomic E-state index is -0.522. The molecule has 5 rings (SSSR count). The first-order valence-electron chi connectivity index (χ1n) is 15.3. The first-order chi connectivity index (χ1) is 22.2. The van der Waals surface area contributed by atoms with E-state index in [0.29, 0.717) is 32.2 Å². The van der Waals surface area contributed by atoms with Crippen LogP contribution in [0.25, 0.3) is 6.08 Å². The van der Waals surface area contributed by atoms with Crippen molar-refractivity contribution < 1.29 is 28.4 Å². The van der Waals surface area contributed by atoms with Crippen LogP contribution in [-0.4, -0.2) is 50.8 Å². The summed E-state index contributed by atoms with van der Waals surface area (Å²) in [6, 6.07) is 40.5. The predicted octanol–water partition coefficient (Wildman–Crippen LogP) is 7.40. The Bertz CT molecular complexity index is 1430. The molecule has 5 atom stereocenters. The third-order valence-corrected chi connectivity index (χ3v) is 7.64. The molecular weight excluding hydrogens is 564 g/mol. The summed E-state index contributed by atoms with van der Waals surface area (Å²) in [5.74, 6) is 0.512. The van der Waals surface area contributed by atoms with Gasteiger partial charge in [-0.05, 0) is 22.3 Å². The van der Waals surface area contributed by atoms with Crippen LogP contribution < -0.4 is 0 Å². The second kappa shape index (κ2) is 17.4. The minimum absolute atomic E-state index is 0.186. The molecule has 4 aromatic rings. The summed E-state index contributed by atoms with van der Waals surface area (Å²) in [5, 5.41) is 0. The summed E-state index contributed by atoms with van der Waals surface area (Å²) in [5.41, 5.74) is 4.26. The van der Waals surface area contributed by atoms with E-state index in [4.69, 9.17) is 28.4 Å². The van der Waals surface area contributed by atoms with Gasteiger partial charge in [0.15, 0.2) is 0 Å². The summed E-state index contributed by atoms with van der Waals surface area (Å²) in [6.07, 6.45) is 1.67. The smallest absolute Gasteiger partial charge is 0.117 e. The molecule has 1 aliphatic rings. The van der Waals surface area contributed by atoms with Gasteiger partial charge in [-0.25, -0.2) is 0 Å². The molecule has 1 saturated heterocycles. The molecule has 6 heteroatoms. The second-order valence-corrected chi connectivity index (χ2v) is 11.0. The maximum absolute atomic E-state index is 6.80. The normalized spacial score (nSPS) is 21.5. The lowest BCUT2D eigenvalue weighted by Crippen LogP contribution is -2.60. The molecule has 0 N–H and O–H groups in total. The number of benzene rings is 4. The van der Waals surface area contributed by atoms with E-state index in [2.05, 4.69) is 43.0 Å². The van der Waals surface area contributed by atoms with Crippen molar-refractivity contribution in [3.63, 3.8) is 0 Å². The molecule has 0 radical (unpaired) electrons. The van der Waals surface area contributed by atoms with Crippen LogP contribution in [0.5, 0.6) is 0 Å². The van der Waals surface area contributed by atoms with E-state index in [1.54, 1.807) is 7.11 Å². The van der Waals surface area contributed by atoms with E-state index in [1.165, 1.54) is 0 Å². The standard InChI is InChI=1S/C39H42O6/c1-30(40-2)25-42-37-35(24-23-31-15-7-3-8-16-31)45-36(29-41-26-32-17-9-4-10-18-32)38(43-27-33-19-11-5-12-20-33)39(37)44-28-34-21-13-6-14-22-34/h3-24,35-39H,1,25-29H2,2H3/b24-23+/t35-,36+,37-,38+,39+/m0/s1. The lowest BCUT2D eigenvalue weighted by molar-refractivity contribution is -0.260. The fraction of sp³-hybridized carbons (Fsp3) is 0.282. The van der Waals surface area contributed by atoms with Crippen LogP contribution in [0.3, 0.4) is 0 Å². The van der Waals surface area contributed by atoms with E-state index in [1.807, 2.05) is 97.1 Å². The number of methoxy groups -OCH3 is 1. The highest BCUT2D eigenvalue weighted by Gasteiger charge is 2.47. The molecule has 0 unspecified atom stereocenters. The molecule has 0 spiro atoms. The van der Waals surface area contributed by atoms with Crippen molar-refractivity contribution >= 4 is 6.08 Å². The Morgan fingerprint density at radius 2 is 1.16 bits per heavy atom. The average molecular weight is 607 g/mol. The van der Waals surface area contributed by atoms with Crippen molar-refractivity contribution in [2.75, 3.05) is 20.3 Å². The van der Waals surface area contributed by atoms with Gasteiger partial charge >= 0.3 is 0 Å². The average Bonchev–Trinajstić information content (AvgIpc) is 3.10. The van der Waals surface area contributed by atoms with Gasteiger partial charge in [0.25, 0.3) is 0 Å². The van der Waals surface area contributed by atoms with Crippen LogP contribution in [0, 0.1) is 0 Å². The van der Waals surface area contributed by atoms with Crippen LogP contribution in [0.2, 0.25) is 0 Å². The van der Waals surface area contributed by atoms with E-state index in [0.717, 1.165) is 22.3 Å². The summed E-state index contributed by atoms with van der Waals surface area (Å²) in [6.45, 7) is 5.70. The Hall–Kier alpha value is -4.04. The molecule has 1 fully saturated rings. The Kier molecular flexibility index (Phi) is 12.5. The Morgan fingerprint density at radius 3 is 1.71 bits per heavy atom. The SMILES string of the molecule is C=C(CO[C@@H]1[C@@H](OCc2ccccc2)[C@H](OCc2ccccc2)[C@@H](COCc2ccccc2)O[C@H]1/C=C/c1ccccc1)OC. The van der Waals surface area contributed by atoms with Gasteiger partial charge in [0.1, 0.15) is 42.9 Å². The van der Waals surface area contributed by atoms with E-state index in [9.17, 15) is 0 Å². The number of ether oxygens (including phenoxy) is 6. The van der Waals surface area contributed by atoms with Crippen molar-refractivity contribution in [3.05, 3.63) is 162 Å². The fourth-order valence-electron chi connectivity index (χ4n) is 5.23. The van der Waals surface area contributed by atoms with Crippen molar-refractivity contribution in [1.82, 2.24) is 0 Å². The van der Waals surface area contributed by atoms with Crippen molar-refractivity contribution in [2.24, 2.45) is 0 Å². The van der Waals surface area contributed by atoms with Gasteiger partial charge in [-0.15, -0.1) is 0 Å². The maximum Gasteiger partial charge on any atom is 0.117 e. The van der Waals surface area contributed by atoms with Crippen molar-refractivity contribution in [3.8, 4) is 0 Å². The molecule has 1 aliphatic heterocycles. The Labute approximate surface area is 266 Å². The second-order valence-electron chi connectivity index (χ2n) is 11.0. The van der Waals surface area contributed by atoms with E-state index < -0.39 is 30.5 Å². The minimum Gasteiger partial charge on any atom is -0.499 e. The van der Waals surface area contributed by atoms with Crippen LogP contribution in [0.1, 0.15) is 22.3 Å². The van der Waals surface area contributed by atoms with Gasteiger partial charge in [-0.3, -0.25) is 0 Å². The molecule has 0 aliphatic carbocycles. The molecule has 1 heterocycles. The van der Waals surface area contributed by atoms with Crippen molar-refractivity contribution in [1.29, 1.82) is 0 Å². The van der Waals surface area contributed by atoms with Crippen LogP contribution in [0.15, 0.2) is 140 Å². The van der Waals surface area contributed by atoms with Crippen LogP contribution >= 0.6 is 0 Å². The summed E-state index contributed by atoms with van der Waals surface area (Å²) in [7, 11) is 1.59. The molecule has 0 bridgehead atoms. The molecule has 0 amide bonds.